The van der Waals surface area contributed by atoms with Crippen molar-refractivity contribution in [3.05, 3.63) is 29.0 Å². The number of hydrogen-bond acceptors (Lipinski definition) is 4. The van der Waals surface area contributed by atoms with Crippen molar-refractivity contribution in [2.75, 3.05) is 31.1 Å². The minimum Gasteiger partial charge on any atom is -0.352 e. The molecule has 2 heterocycles. The lowest BCUT2D eigenvalue weighted by Crippen LogP contribution is -2.49. The van der Waals surface area contributed by atoms with E-state index in [9.17, 15) is 4.79 Å². The van der Waals surface area contributed by atoms with E-state index < -0.39 is 0 Å². The predicted octanol–water partition coefficient (Wildman–Crippen LogP) is 4.01. The Morgan fingerprint density at radius 2 is 1.88 bits per heavy atom. The molecule has 2 aromatic rings. The number of anilines is 1. The van der Waals surface area contributed by atoms with Gasteiger partial charge in [-0.15, -0.1) is 0 Å². The lowest BCUT2D eigenvalue weighted by molar-refractivity contribution is -0.131. The molecule has 0 unspecified atom stereocenters. The van der Waals surface area contributed by atoms with E-state index in [1.54, 1.807) is 6.33 Å². The van der Waals surface area contributed by atoms with Crippen LogP contribution in [-0.4, -0.2) is 47.0 Å². The van der Waals surface area contributed by atoms with E-state index in [-0.39, 0.29) is 0 Å². The fourth-order valence-electron chi connectivity index (χ4n) is 4.22. The number of fused-ring (bicyclic) bond motifs is 1. The minimum atomic E-state index is 0.326. The van der Waals surface area contributed by atoms with E-state index in [1.807, 2.05) is 17.0 Å². The standard InChI is InChI=1S/C20H25BrN4O/c21-16-6-7-18-17(13-16)20(23-14-22-18)25-11-9-24(10-12-25)19(26)8-5-15-3-1-2-4-15/h6-7,13-15H,1-5,8-12H2. The lowest BCUT2D eigenvalue weighted by atomic mass is 10.0. The van der Waals surface area contributed by atoms with Crippen molar-refractivity contribution in [1.82, 2.24) is 14.9 Å². The molecule has 1 aliphatic heterocycles. The maximum Gasteiger partial charge on any atom is 0.222 e. The quantitative estimate of drug-likeness (QED) is 0.755. The van der Waals surface area contributed by atoms with Crippen LogP contribution in [0, 0.1) is 5.92 Å². The number of rotatable bonds is 4. The van der Waals surface area contributed by atoms with E-state index in [0.717, 1.165) is 59.7 Å². The Balaban J connectivity index is 1.37. The van der Waals surface area contributed by atoms with Crippen LogP contribution in [-0.2, 0) is 4.79 Å². The van der Waals surface area contributed by atoms with Crippen molar-refractivity contribution in [2.45, 2.75) is 38.5 Å². The van der Waals surface area contributed by atoms with Crippen LogP contribution in [0.25, 0.3) is 10.9 Å². The number of benzene rings is 1. The average molecular weight is 417 g/mol. The normalized spacial score (nSPS) is 18.7. The molecule has 2 aliphatic rings. The molecule has 1 aromatic carbocycles. The first-order chi connectivity index (χ1) is 12.7. The van der Waals surface area contributed by atoms with Gasteiger partial charge in [-0.1, -0.05) is 41.6 Å². The SMILES string of the molecule is O=C(CCC1CCCC1)N1CCN(c2ncnc3ccc(Br)cc23)CC1. The zero-order chi connectivity index (χ0) is 17.9. The highest BCUT2D eigenvalue weighted by Gasteiger charge is 2.24. The Hall–Kier alpha value is -1.69. The maximum absolute atomic E-state index is 12.5. The van der Waals surface area contributed by atoms with Gasteiger partial charge in [0, 0.05) is 42.5 Å². The summed E-state index contributed by atoms with van der Waals surface area (Å²) in [7, 11) is 0. The van der Waals surface area contributed by atoms with Gasteiger partial charge in [0.1, 0.15) is 12.1 Å². The number of amides is 1. The predicted molar refractivity (Wildman–Crippen MR) is 107 cm³/mol. The molecule has 0 spiro atoms. The molecule has 4 rings (SSSR count). The van der Waals surface area contributed by atoms with E-state index in [4.69, 9.17) is 0 Å². The number of aromatic nitrogens is 2. The van der Waals surface area contributed by atoms with E-state index in [0.29, 0.717) is 12.3 Å². The highest BCUT2D eigenvalue weighted by atomic mass is 79.9. The summed E-state index contributed by atoms with van der Waals surface area (Å²) >= 11 is 3.54. The Morgan fingerprint density at radius 3 is 2.65 bits per heavy atom. The van der Waals surface area contributed by atoms with Gasteiger partial charge in [0.2, 0.25) is 5.91 Å². The number of halogens is 1. The number of hydrogen-bond donors (Lipinski definition) is 0. The molecule has 1 amide bonds. The molecule has 138 valence electrons. The highest BCUT2D eigenvalue weighted by Crippen LogP contribution is 2.29. The average Bonchev–Trinajstić information content (AvgIpc) is 3.19. The van der Waals surface area contributed by atoms with Crippen LogP contribution in [0.4, 0.5) is 5.82 Å². The van der Waals surface area contributed by atoms with Crippen molar-refractivity contribution in [3.63, 3.8) is 0 Å². The van der Waals surface area contributed by atoms with Crippen LogP contribution in [0.15, 0.2) is 29.0 Å². The summed E-state index contributed by atoms with van der Waals surface area (Å²) in [5, 5.41) is 1.06. The van der Waals surface area contributed by atoms with Gasteiger partial charge in [-0.05, 0) is 30.5 Å². The van der Waals surface area contributed by atoms with Crippen LogP contribution < -0.4 is 4.90 Å². The monoisotopic (exact) mass is 416 g/mol. The third-order valence-corrected chi connectivity index (χ3v) is 6.24. The second kappa shape index (κ2) is 7.91. The first-order valence-corrected chi connectivity index (χ1v) is 10.4. The van der Waals surface area contributed by atoms with Crippen LogP contribution in [0.2, 0.25) is 0 Å². The number of piperazine rings is 1. The van der Waals surface area contributed by atoms with Gasteiger partial charge >= 0.3 is 0 Å². The first-order valence-electron chi connectivity index (χ1n) is 9.64. The van der Waals surface area contributed by atoms with Crippen LogP contribution in [0.1, 0.15) is 38.5 Å². The minimum absolute atomic E-state index is 0.326. The zero-order valence-corrected chi connectivity index (χ0v) is 16.6. The summed E-state index contributed by atoms with van der Waals surface area (Å²) in [4.78, 5) is 25.7. The fraction of sp³-hybridized carbons (Fsp3) is 0.550. The Morgan fingerprint density at radius 1 is 1.12 bits per heavy atom. The zero-order valence-electron chi connectivity index (χ0n) is 15.0. The molecule has 26 heavy (non-hydrogen) atoms. The van der Waals surface area contributed by atoms with Gasteiger partial charge < -0.3 is 9.80 Å². The van der Waals surface area contributed by atoms with Crippen LogP contribution >= 0.6 is 15.9 Å². The van der Waals surface area contributed by atoms with E-state index in [2.05, 4.69) is 36.9 Å². The molecule has 1 saturated heterocycles. The van der Waals surface area contributed by atoms with Gasteiger partial charge in [-0.2, -0.15) is 0 Å². The van der Waals surface area contributed by atoms with Gasteiger partial charge in [0.25, 0.3) is 0 Å². The topological polar surface area (TPSA) is 49.3 Å². The first kappa shape index (κ1) is 17.7. The lowest BCUT2D eigenvalue weighted by Gasteiger charge is -2.36. The molecule has 0 N–H and O–H groups in total. The number of carbonyl (C=O) groups is 1. The van der Waals surface area contributed by atoms with Crippen LogP contribution in [0.3, 0.4) is 0 Å². The Bertz CT molecular complexity index is 782. The van der Waals surface area contributed by atoms with E-state index >= 15 is 0 Å². The van der Waals surface area contributed by atoms with Crippen molar-refractivity contribution >= 4 is 38.6 Å². The summed E-state index contributed by atoms with van der Waals surface area (Å²) in [6.07, 6.45) is 8.75. The molecular formula is C20H25BrN4O. The summed E-state index contributed by atoms with van der Waals surface area (Å²) in [6, 6.07) is 6.08. The largest absolute Gasteiger partial charge is 0.352 e. The summed E-state index contributed by atoms with van der Waals surface area (Å²) in [5.41, 5.74) is 0.952. The second-order valence-corrected chi connectivity index (χ2v) is 8.33. The molecule has 1 aromatic heterocycles. The molecule has 1 aliphatic carbocycles. The summed E-state index contributed by atoms with van der Waals surface area (Å²) in [5.74, 6) is 2.08. The molecule has 0 radical (unpaired) electrons. The maximum atomic E-state index is 12.5. The van der Waals surface area contributed by atoms with Gasteiger partial charge in [-0.25, -0.2) is 9.97 Å². The third-order valence-electron chi connectivity index (χ3n) is 5.75. The van der Waals surface area contributed by atoms with Gasteiger partial charge in [0.15, 0.2) is 0 Å². The molecular weight excluding hydrogens is 392 g/mol. The van der Waals surface area contributed by atoms with Crippen molar-refractivity contribution in [3.8, 4) is 0 Å². The smallest absolute Gasteiger partial charge is 0.222 e. The number of carbonyl (C=O) groups excluding carboxylic acids is 1. The fourth-order valence-corrected chi connectivity index (χ4v) is 4.58. The van der Waals surface area contributed by atoms with Crippen molar-refractivity contribution < 1.29 is 4.79 Å². The second-order valence-electron chi connectivity index (χ2n) is 7.42. The Labute approximate surface area is 162 Å². The molecule has 2 fully saturated rings. The van der Waals surface area contributed by atoms with Crippen LogP contribution in [0.5, 0.6) is 0 Å². The van der Waals surface area contributed by atoms with E-state index in [1.165, 1.54) is 25.7 Å². The molecule has 0 bridgehead atoms. The van der Waals surface area contributed by atoms with Gasteiger partial charge in [-0.3, -0.25) is 4.79 Å². The highest BCUT2D eigenvalue weighted by molar-refractivity contribution is 9.10. The van der Waals surface area contributed by atoms with Crippen molar-refractivity contribution in [1.29, 1.82) is 0 Å². The third kappa shape index (κ3) is 3.85. The Kier molecular flexibility index (Phi) is 5.38. The molecule has 5 nitrogen and oxygen atoms in total. The number of nitrogens with zero attached hydrogens (tertiary/aromatic N) is 4. The molecule has 0 atom stereocenters. The van der Waals surface area contributed by atoms with Crippen molar-refractivity contribution in [2.24, 2.45) is 5.92 Å². The summed E-state index contributed by atoms with van der Waals surface area (Å²) in [6.45, 7) is 3.22. The summed E-state index contributed by atoms with van der Waals surface area (Å²) < 4.78 is 1.03. The molecule has 1 saturated carbocycles. The molecule has 6 heteroatoms. The van der Waals surface area contributed by atoms with Gasteiger partial charge in [0.05, 0.1) is 5.52 Å².